The monoisotopic (exact) mass is 626 g/mol. The van der Waals surface area contributed by atoms with Gasteiger partial charge in [0, 0.05) is 62.8 Å². The van der Waals surface area contributed by atoms with Gasteiger partial charge in [0.1, 0.15) is 22.2 Å². The third-order valence-electron chi connectivity index (χ3n) is 7.99. The number of ether oxygens (including phenoxy) is 4. The number of rotatable bonds is 12. The fraction of sp³-hybridized carbons (Fsp3) is 0.314. The van der Waals surface area contributed by atoms with Crippen LogP contribution in [0.5, 0.6) is 23.0 Å². The van der Waals surface area contributed by atoms with Crippen molar-refractivity contribution in [1.82, 2.24) is 19.7 Å². The predicted octanol–water partition coefficient (Wildman–Crippen LogP) is 5.56. The van der Waals surface area contributed by atoms with Crippen LogP contribution in [0.3, 0.4) is 0 Å². The average molecular weight is 627 g/mol. The van der Waals surface area contributed by atoms with Gasteiger partial charge in [0.15, 0.2) is 11.5 Å². The Morgan fingerprint density at radius 3 is 2.56 bits per heavy atom. The maximum Gasteiger partial charge on any atom is 0.273 e. The maximum absolute atomic E-state index is 13.4. The summed E-state index contributed by atoms with van der Waals surface area (Å²) in [5, 5.41) is 2.77. The zero-order valence-electron chi connectivity index (χ0n) is 25.7. The van der Waals surface area contributed by atoms with Crippen molar-refractivity contribution in [3.8, 4) is 23.0 Å². The van der Waals surface area contributed by atoms with Crippen LogP contribution in [0.15, 0.2) is 78.2 Å². The van der Waals surface area contributed by atoms with E-state index in [9.17, 15) is 4.79 Å². The van der Waals surface area contributed by atoms with E-state index in [0.717, 1.165) is 58.8 Å². The van der Waals surface area contributed by atoms with Gasteiger partial charge in [-0.1, -0.05) is 54.6 Å². The number of benzene rings is 3. The highest BCUT2D eigenvalue weighted by Gasteiger charge is 2.24. The molecular formula is C35H38N4O5S. The minimum absolute atomic E-state index is 0.00359. The second-order valence-corrected chi connectivity index (χ2v) is 12.0. The number of piperazine rings is 1. The van der Waals surface area contributed by atoms with Crippen LogP contribution in [0.4, 0.5) is 0 Å². The molecule has 2 aliphatic heterocycles. The molecule has 0 atom stereocenters. The molecule has 10 heteroatoms. The quantitative estimate of drug-likeness (QED) is 0.202. The van der Waals surface area contributed by atoms with Crippen molar-refractivity contribution in [2.45, 2.75) is 19.6 Å². The molecule has 0 bridgehead atoms. The Balaban J connectivity index is 1.10. The predicted molar refractivity (Wildman–Crippen MR) is 175 cm³/mol. The highest BCUT2D eigenvalue weighted by atomic mass is 32.1. The van der Waals surface area contributed by atoms with Crippen LogP contribution in [0.2, 0.25) is 0 Å². The normalized spacial score (nSPS) is 14.8. The summed E-state index contributed by atoms with van der Waals surface area (Å²) in [5.41, 5.74) is 3.83. The van der Waals surface area contributed by atoms with Crippen LogP contribution < -0.4 is 18.9 Å². The molecule has 2 aliphatic rings. The van der Waals surface area contributed by atoms with E-state index in [4.69, 9.17) is 23.9 Å². The lowest BCUT2D eigenvalue weighted by Crippen LogP contribution is -2.48. The summed E-state index contributed by atoms with van der Waals surface area (Å²) in [6.45, 7) is 6.02. The zero-order valence-corrected chi connectivity index (χ0v) is 26.5. The van der Waals surface area contributed by atoms with E-state index in [1.165, 1.54) is 16.9 Å². The molecule has 0 saturated carbocycles. The minimum atomic E-state index is -0.00359. The Morgan fingerprint density at radius 1 is 0.933 bits per heavy atom. The zero-order chi connectivity index (χ0) is 31.0. The number of carbonyl (C=O) groups excluding carboxylic acids is 1. The molecule has 0 N–H and O–H groups in total. The second kappa shape index (κ2) is 14.6. The van der Waals surface area contributed by atoms with E-state index < -0.39 is 0 Å². The van der Waals surface area contributed by atoms with Gasteiger partial charge in [-0.3, -0.25) is 14.6 Å². The molecule has 0 spiro atoms. The summed E-state index contributed by atoms with van der Waals surface area (Å²) in [5.74, 6) is 3.01. The number of carbonyl (C=O) groups is 1. The van der Waals surface area contributed by atoms with Crippen LogP contribution in [-0.2, 0) is 19.6 Å². The Labute approximate surface area is 268 Å². The summed E-state index contributed by atoms with van der Waals surface area (Å²) in [4.78, 5) is 24.8. The highest BCUT2D eigenvalue weighted by molar-refractivity contribution is 7.09. The lowest BCUT2D eigenvalue weighted by Gasteiger charge is -2.33. The molecule has 9 nitrogen and oxygen atoms in total. The number of thiazole rings is 1. The van der Waals surface area contributed by atoms with Gasteiger partial charge in [0.05, 0.1) is 20.8 Å². The van der Waals surface area contributed by atoms with Gasteiger partial charge in [0.2, 0.25) is 6.79 Å². The van der Waals surface area contributed by atoms with E-state index in [0.29, 0.717) is 38.4 Å². The third kappa shape index (κ3) is 7.83. The first-order valence-corrected chi connectivity index (χ1v) is 16.0. The molecule has 1 fully saturated rings. The van der Waals surface area contributed by atoms with Crippen molar-refractivity contribution >= 4 is 23.3 Å². The molecule has 234 valence electrons. The number of aromatic nitrogens is 1. The Morgan fingerprint density at radius 2 is 1.76 bits per heavy atom. The molecule has 0 radical (unpaired) electrons. The van der Waals surface area contributed by atoms with Gasteiger partial charge in [-0.2, -0.15) is 0 Å². The first-order chi connectivity index (χ1) is 22.1. The van der Waals surface area contributed by atoms with Gasteiger partial charge in [0.25, 0.3) is 5.91 Å². The summed E-state index contributed by atoms with van der Waals surface area (Å²) >= 11 is 1.52. The first-order valence-electron chi connectivity index (χ1n) is 15.1. The molecule has 0 unspecified atom stereocenters. The van der Waals surface area contributed by atoms with Gasteiger partial charge in [-0.15, -0.1) is 11.3 Å². The first kappa shape index (κ1) is 30.6. The summed E-state index contributed by atoms with van der Waals surface area (Å²) in [6, 6.07) is 22.2. The number of hydrogen-bond donors (Lipinski definition) is 0. The van der Waals surface area contributed by atoms with Gasteiger partial charge < -0.3 is 23.8 Å². The van der Waals surface area contributed by atoms with Crippen molar-refractivity contribution in [2.24, 2.45) is 0 Å². The topological polar surface area (TPSA) is 76.6 Å². The van der Waals surface area contributed by atoms with Crippen LogP contribution in [0, 0.1) is 0 Å². The lowest BCUT2D eigenvalue weighted by molar-refractivity contribution is 0.0645. The molecule has 6 rings (SSSR count). The van der Waals surface area contributed by atoms with Crippen molar-refractivity contribution < 1.29 is 23.7 Å². The highest BCUT2D eigenvalue weighted by Crippen LogP contribution is 2.34. The van der Waals surface area contributed by atoms with E-state index >= 15 is 0 Å². The van der Waals surface area contributed by atoms with Crippen molar-refractivity contribution in [1.29, 1.82) is 0 Å². The Bertz CT molecular complexity index is 1620. The van der Waals surface area contributed by atoms with E-state index in [-0.39, 0.29) is 12.7 Å². The van der Waals surface area contributed by atoms with Crippen LogP contribution in [0.25, 0.3) is 6.08 Å². The van der Waals surface area contributed by atoms with Crippen LogP contribution >= 0.6 is 11.3 Å². The molecule has 3 aromatic carbocycles. The largest absolute Gasteiger partial charge is 0.497 e. The van der Waals surface area contributed by atoms with Crippen molar-refractivity contribution in [2.75, 3.05) is 53.7 Å². The minimum Gasteiger partial charge on any atom is -0.497 e. The molecule has 3 heterocycles. The molecule has 4 aromatic rings. The number of hydrogen-bond acceptors (Lipinski definition) is 9. The van der Waals surface area contributed by atoms with Gasteiger partial charge >= 0.3 is 0 Å². The number of nitrogens with zero attached hydrogens (tertiary/aromatic N) is 4. The van der Waals surface area contributed by atoms with E-state index in [1.54, 1.807) is 14.2 Å². The van der Waals surface area contributed by atoms with Crippen molar-refractivity contribution in [3.05, 3.63) is 106 Å². The van der Waals surface area contributed by atoms with Gasteiger partial charge in [-0.25, -0.2) is 4.98 Å². The molecule has 1 aromatic heterocycles. The SMILES string of the molecule is COc1ccc(CN(Cc2ccc3c(c2)OCO3)Cc2nc(C(=O)N3CCN(C/C=C/c4ccccc4)CC3)cs2)c(OC)c1. The number of methoxy groups -OCH3 is 2. The number of amides is 1. The van der Waals surface area contributed by atoms with E-state index in [2.05, 4.69) is 40.2 Å². The lowest BCUT2D eigenvalue weighted by atomic mass is 10.1. The fourth-order valence-corrected chi connectivity index (χ4v) is 6.37. The Kier molecular flexibility index (Phi) is 9.94. The molecule has 0 aliphatic carbocycles. The molecule has 1 amide bonds. The molecule has 1 saturated heterocycles. The van der Waals surface area contributed by atoms with Crippen LogP contribution in [0.1, 0.15) is 32.2 Å². The molecule has 45 heavy (non-hydrogen) atoms. The van der Waals surface area contributed by atoms with Crippen molar-refractivity contribution in [3.63, 3.8) is 0 Å². The summed E-state index contributed by atoms with van der Waals surface area (Å²) < 4.78 is 22.2. The summed E-state index contributed by atoms with van der Waals surface area (Å²) in [7, 11) is 3.31. The fourth-order valence-electron chi connectivity index (χ4n) is 5.56. The number of fused-ring (bicyclic) bond motifs is 1. The second-order valence-electron chi connectivity index (χ2n) is 11.0. The Hall–Kier alpha value is -4.38. The molecular weight excluding hydrogens is 588 g/mol. The van der Waals surface area contributed by atoms with E-state index in [1.807, 2.05) is 58.8 Å². The standard InChI is InChI=1S/C35H38N4O5S/c1-41-29-12-11-28(32(20-29)42-2)22-38(21-27-10-13-31-33(19-27)44-25-43-31)23-34-36-30(24-45-34)35(40)39-17-15-37(16-18-39)14-6-9-26-7-4-3-5-8-26/h3-13,19-20,24H,14-18,21-23,25H2,1-2H3/b9-6+. The smallest absolute Gasteiger partial charge is 0.273 e. The van der Waals surface area contributed by atoms with Gasteiger partial charge in [-0.05, 0) is 29.3 Å². The average Bonchev–Trinajstić information content (AvgIpc) is 3.75. The summed E-state index contributed by atoms with van der Waals surface area (Å²) in [6.07, 6.45) is 4.34. The third-order valence-corrected chi connectivity index (χ3v) is 8.83. The maximum atomic E-state index is 13.4. The van der Waals surface area contributed by atoms with Crippen LogP contribution in [-0.4, -0.2) is 79.3 Å².